The SMILES string of the molecule is C[C@H]1CN(c2ccc(NC(=O)NCCCO)cn2)C[C@H](C)O1. The van der Waals surface area contributed by atoms with Gasteiger partial charge in [-0.25, -0.2) is 9.78 Å². The summed E-state index contributed by atoms with van der Waals surface area (Å²) >= 11 is 0. The highest BCUT2D eigenvalue weighted by atomic mass is 16.5. The Kier molecular flexibility index (Phi) is 5.97. The smallest absolute Gasteiger partial charge is 0.319 e. The molecule has 1 aromatic heterocycles. The number of urea groups is 1. The number of pyridine rings is 1. The molecule has 0 unspecified atom stereocenters. The first-order valence-electron chi connectivity index (χ1n) is 7.60. The van der Waals surface area contributed by atoms with Crippen LogP contribution >= 0.6 is 0 Å². The van der Waals surface area contributed by atoms with Gasteiger partial charge in [0.2, 0.25) is 0 Å². The van der Waals surface area contributed by atoms with Crippen LogP contribution in [0.15, 0.2) is 18.3 Å². The van der Waals surface area contributed by atoms with Crippen LogP contribution < -0.4 is 15.5 Å². The first-order chi connectivity index (χ1) is 10.6. The molecule has 1 aliphatic rings. The normalized spacial score (nSPS) is 21.5. The molecule has 2 atom stereocenters. The zero-order valence-corrected chi connectivity index (χ0v) is 13.1. The summed E-state index contributed by atoms with van der Waals surface area (Å²) in [5.41, 5.74) is 0.639. The lowest BCUT2D eigenvalue weighted by atomic mass is 10.2. The minimum atomic E-state index is -0.295. The molecule has 2 amide bonds. The number of carbonyl (C=O) groups is 1. The van der Waals surface area contributed by atoms with E-state index in [1.807, 2.05) is 12.1 Å². The van der Waals surface area contributed by atoms with Crippen molar-refractivity contribution in [2.45, 2.75) is 32.5 Å². The summed E-state index contributed by atoms with van der Waals surface area (Å²) < 4.78 is 5.71. The number of nitrogens with zero attached hydrogens (tertiary/aromatic N) is 2. The molecule has 2 rings (SSSR count). The van der Waals surface area contributed by atoms with Gasteiger partial charge in [0, 0.05) is 26.2 Å². The zero-order chi connectivity index (χ0) is 15.9. The molecule has 22 heavy (non-hydrogen) atoms. The third kappa shape index (κ3) is 4.85. The molecule has 0 bridgehead atoms. The fourth-order valence-electron chi connectivity index (χ4n) is 2.47. The third-order valence-corrected chi connectivity index (χ3v) is 3.37. The molecule has 1 aliphatic heterocycles. The van der Waals surface area contributed by atoms with Crippen LogP contribution in [0.25, 0.3) is 0 Å². The van der Waals surface area contributed by atoms with Crippen molar-refractivity contribution in [1.82, 2.24) is 10.3 Å². The second-order valence-corrected chi connectivity index (χ2v) is 5.53. The van der Waals surface area contributed by atoms with Crippen molar-refractivity contribution in [2.24, 2.45) is 0 Å². The second-order valence-electron chi connectivity index (χ2n) is 5.53. The Balaban J connectivity index is 1.88. The Morgan fingerprint density at radius 3 is 2.73 bits per heavy atom. The molecule has 0 aliphatic carbocycles. The summed E-state index contributed by atoms with van der Waals surface area (Å²) in [5.74, 6) is 0.883. The lowest BCUT2D eigenvalue weighted by Crippen LogP contribution is -2.45. The van der Waals surface area contributed by atoms with Crippen molar-refractivity contribution >= 4 is 17.5 Å². The monoisotopic (exact) mass is 308 g/mol. The van der Waals surface area contributed by atoms with Crippen LogP contribution in [0.1, 0.15) is 20.3 Å². The van der Waals surface area contributed by atoms with Gasteiger partial charge in [-0.3, -0.25) is 0 Å². The minimum absolute atomic E-state index is 0.0624. The first kappa shape index (κ1) is 16.5. The van der Waals surface area contributed by atoms with Crippen molar-refractivity contribution in [3.63, 3.8) is 0 Å². The van der Waals surface area contributed by atoms with Crippen molar-refractivity contribution in [3.8, 4) is 0 Å². The Morgan fingerprint density at radius 2 is 2.14 bits per heavy atom. The van der Waals surface area contributed by atoms with E-state index in [-0.39, 0.29) is 24.8 Å². The van der Waals surface area contributed by atoms with E-state index in [0.717, 1.165) is 18.9 Å². The number of aliphatic hydroxyl groups excluding tert-OH is 1. The number of hydrogen-bond acceptors (Lipinski definition) is 5. The number of carbonyl (C=O) groups excluding carboxylic acids is 1. The summed E-state index contributed by atoms with van der Waals surface area (Å²) in [7, 11) is 0. The van der Waals surface area contributed by atoms with Gasteiger partial charge in [-0.05, 0) is 32.4 Å². The fraction of sp³-hybridized carbons (Fsp3) is 0.600. The molecule has 3 N–H and O–H groups in total. The van der Waals surface area contributed by atoms with Gasteiger partial charge in [-0.15, -0.1) is 0 Å². The summed E-state index contributed by atoms with van der Waals surface area (Å²) in [6.45, 7) is 6.23. The van der Waals surface area contributed by atoms with E-state index in [1.165, 1.54) is 0 Å². The third-order valence-electron chi connectivity index (χ3n) is 3.37. The summed E-state index contributed by atoms with van der Waals surface area (Å²) in [4.78, 5) is 18.2. The number of aliphatic hydroxyl groups is 1. The quantitative estimate of drug-likeness (QED) is 0.712. The molecule has 1 fully saturated rings. The number of amides is 2. The van der Waals surface area contributed by atoms with Crippen LogP contribution in [0.2, 0.25) is 0 Å². The average molecular weight is 308 g/mol. The Labute approximate surface area is 130 Å². The molecule has 1 aromatic rings. The number of morpholine rings is 1. The Morgan fingerprint density at radius 1 is 1.41 bits per heavy atom. The van der Waals surface area contributed by atoms with Gasteiger partial charge in [0.05, 0.1) is 24.1 Å². The van der Waals surface area contributed by atoms with E-state index in [0.29, 0.717) is 18.7 Å². The molecular formula is C15H24N4O3. The fourth-order valence-corrected chi connectivity index (χ4v) is 2.47. The minimum Gasteiger partial charge on any atom is -0.396 e. The van der Waals surface area contributed by atoms with E-state index in [2.05, 4.69) is 34.4 Å². The van der Waals surface area contributed by atoms with Gasteiger partial charge in [0.15, 0.2) is 0 Å². The molecule has 0 saturated carbocycles. The van der Waals surface area contributed by atoms with Crippen LogP contribution in [0.5, 0.6) is 0 Å². The summed E-state index contributed by atoms with van der Waals surface area (Å²) in [6, 6.07) is 3.43. The number of aromatic nitrogens is 1. The highest BCUT2D eigenvalue weighted by Gasteiger charge is 2.22. The van der Waals surface area contributed by atoms with Crippen LogP contribution in [-0.2, 0) is 4.74 Å². The molecule has 2 heterocycles. The molecule has 1 saturated heterocycles. The maximum absolute atomic E-state index is 11.6. The van der Waals surface area contributed by atoms with Crippen LogP contribution in [0.3, 0.4) is 0 Å². The highest BCUT2D eigenvalue weighted by Crippen LogP contribution is 2.19. The maximum atomic E-state index is 11.6. The van der Waals surface area contributed by atoms with Gasteiger partial charge in [0.25, 0.3) is 0 Å². The molecule has 0 aromatic carbocycles. The highest BCUT2D eigenvalue weighted by molar-refractivity contribution is 5.89. The lowest BCUT2D eigenvalue weighted by Gasteiger charge is -2.36. The van der Waals surface area contributed by atoms with Crippen molar-refractivity contribution < 1.29 is 14.6 Å². The van der Waals surface area contributed by atoms with E-state index < -0.39 is 0 Å². The molecule has 7 nitrogen and oxygen atoms in total. The van der Waals surface area contributed by atoms with Gasteiger partial charge in [-0.2, -0.15) is 0 Å². The van der Waals surface area contributed by atoms with Crippen molar-refractivity contribution in [2.75, 3.05) is 36.5 Å². The average Bonchev–Trinajstić information content (AvgIpc) is 2.47. The summed E-state index contributed by atoms with van der Waals surface area (Å²) in [6.07, 6.45) is 2.55. The Bertz CT molecular complexity index is 470. The predicted octanol–water partition coefficient (Wildman–Crippen LogP) is 1.20. The van der Waals surface area contributed by atoms with Gasteiger partial charge < -0.3 is 25.4 Å². The van der Waals surface area contributed by atoms with E-state index in [9.17, 15) is 4.79 Å². The maximum Gasteiger partial charge on any atom is 0.319 e. The summed E-state index contributed by atoms with van der Waals surface area (Å²) in [5, 5.41) is 14.0. The standard InChI is InChI=1S/C15H24N4O3/c1-11-9-19(10-12(2)22-11)14-5-4-13(8-17-14)18-15(21)16-6-3-7-20/h4-5,8,11-12,20H,3,6-7,9-10H2,1-2H3,(H2,16,18,21)/t11-,12-/m0/s1. The van der Waals surface area contributed by atoms with Gasteiger partial charge in [-0.1, -0.05) is 0 Å². The topological polar surface area (TPSA) is 86.7 Å². The molecule has 122 valence electrons. The van der Waals surface area contributed by atoms with E-state index in [1.54, 1.807) is 6.20 Å². The number of rotatable bonds is 5. The van der Waals surface area contributed by atoms with E-state index >= 15 is 0 Å². The predicted molar refractivity (Wildman–Crippen MR) is 85.2 cm³/mol. The molecule has 0 spiro atoms. The second kappa shape index (κ2) is 7.95. The van der Waals surface area contributed by atoms with Gasteiger partial charge in [0.1, 0.15) is 5.82 Å². The number of anilines is 2. The zero-order valence-electron chi connectivity index (χ0n) is 13.1. The molecule has 7 heteroatoms. The largest absolute Gasteiger partial charge is 0.396 e. The molecular weight excluding hydrogens is 284 g/mol. The van der Waals surface area contributed by atoms with Gasteiger partial charge >= 0.3 is 6.03 Å². The van der Waals surface area contributed by atoms with Crippen molar-refractivity contribution in [3.05, 3.63) is 18.3 Å². The lowest BCUT2D eigenvalue weighted by molar-refractivity contribution is -0.00545. The van der Waals surface area contributed by atoms with Crippen LogP contribution in [0.4, 0.5) is 16.3 Å². The van der Waals surface area contributed by atoms with Crippen LogP contribution in [-0.4, -0.2) is 54.6 Å². The number of ether oxygens (including phenoxy) is 1. The Hall–Kier alpha value is -1.86. The van der Waals surface area contributed by atoms with E-state index in [4.69, 9.17) is 9.84 Å². The molecule has 0 radical (unpaired) electrons. The first-order valence-corrected chi connectivity index (χ1v) is 7.60. The number of nitrogens with one attached hydrogen (secondary N) is 2. The number of hydrogen-bond donors (Lipinski definition) is 3. The van der Waals surface area contributed by atoms with Crippen molar-refractivity contribution in [1.29, 1.82) is 0 Å². The van der Waals surface area contributed by atoms with Crippen LogP contribution in [0, 0.1) is 0 Å².